The molecule has 0 aromatic carbocycles. The van der Waals surface area contributed by atoms with Crippen LogP contribution < -0.4 is 5.32 Å². The van der Waals surface area contributed by atoms with E-state index in [2.05, 4.69) is 19.2 Å². The number of carboxylic acid groups (broad SMARTS) is 1. The van der Waals surface area contributed by atoms with Crippen molar-refractivity contribution < 1.29 is 14.7 Å². The van der Waals surface area contributed by atoms with Gasteiger partial charge in [-0.25, -0.2) is 0 Å². The van der Waals surface area contributed by atoms with Gasteiger partial charge in [0.1, 0.15) is 0 Å². The number of carbonyl (C=O) groups excluding carboxylic acids is 1. The highest BCUT2D eigenvalue weighted by Crippen LogP contribution is 2.25. The van der Waals surface area contributed by atoms with E-state index in [1.54, 1.807) is 11.3 Å². The van der Waals surface area contributed by atoms with Crippen LogP contribution in [0.2, 0.25) is 0 Å². The fourth-order valence-corrected chi connectivity index (χ4v) is 2.63. The van der Waals surface area contributed by atoms with Crippen LogP contribution in [-0.4, -0.2) is 17.0 Å². The molecule has 2 N–H and O–H groups in total. The van der Waals surface area contributed by atoms with Gasteiger partial charge >= 0.3 is 5.97 Å². The van der Waals surface area contributed by atoms with Crippen LogP contribution in [0.1, 0.15) is 44.0 Å². The summed E-state index contributed by atoms with van der Waals surface area (Å²) in [7, 11) is 0. The lowest BCUT2D eigenvalue weighted by Crippen LogP contribution is -2.31. The van der Waals surface area contributed by atoms with Gasteiger partial charge in [0.05, 0.1) is 6.04 Å². The average Bonchev–Trinajstić information content (AvgIpc) is 2.78. The summed E-state index contributed by atoms with van der Waals surface area (Å²) in [6.07, 6.45) is 0.691. The topological polar surface area (TPSA) is 66.4 Å². The van der Waals surface area contributed by atoms with Crippen LogP contribution in [0.25, 0.3) is 0 Å². The van der Waals surface area contributed by atoms with Crippen LogP contribution in [0.15, 0.2) is 17.5 Å². The van der Waals surface area contributed by atoms with Crippen molar-refractivity contribution in [3.05, 3.63) is 22.4 Å². The molecule has 0 aliphatic rings. The molecule has 0 aliphatic heterocycles. The summed E-state index contributed by atoms with van der Waals surface area (Å²) in [5.74, 6) is -0.628. The van der Waals surface area contributed by atoms with E-state index in [1.807, 2.05) is 17.5 Å². The summed E-state index contributed by atoms with van der Waals surface area (Å²) >= 11 is 1.62. The van der Waals surface area contributed by atoms with Crippen LogP contribution in [0.4, 0.5) is 0 Å². The van der Waals surface area contributed by atoms with Crippen molar-refractivity contribution in [2.75, 3.05) is 0 Å². The van der Waals surface area contributed by atoms with Gasteiger partial charge in [0.25, 0.3) is 0 Å². The van der Waals surface area contributed by atoms with Crippen molar-refractivity contribution >= 4 is 23.2 Å². The standard InChI is InChI=1S/C13H19NO3S/c1-9(2)13(10-5-4-8-18-10)14-11(15)6-3-7-12(16)17/h4-5,8-9,13H,3,6-7H2,1-2H3,(H,14,15)(H,16,17). The number of amides is 1. The second kappa shape index (κ2) is 7.16. The molecule has 1 unspecified atom stereocenters. The second-order valence-electron chi connectivity index (χ2n) is 4.55. The maximum atomic E-state index is 11.7. The Bertz CT molecular complexity index is 387. The molecule has 0 saturated heterocycles. The van der Waals surface area contributed by atoms with Crippen LogP contribution in [0.5, 0.6) is 0 Å². The molecule has 0 aliphatic carbocycles. The molecular formula is C13H19NO3S. The number of thiophene rings is 1. The van der Waals surface area contributed by atoms with Crippen LogP contribution in [0, 0.1) is 5.92 Å². The summed E-state index contributed by atoms with van der Waals surface area (Å²) in [5.41, 5.74) is 0. The lowest BCUT2D eigenvalue weighted by molar-refractivity contribution is -0.137. The molecule has 1 rings (SSSR count). The van der Waals surface area contributed by atoms with Crippen molar-refractivity contribution in [3.63, 3.8) is 0 Å². The Morgan fingerprint density at radius 1 is 1.39 bits per heavy atom. The monoisotopic (exact) mass is 269 g/mol. The normalized spacial score (nSPS) is 12.4. The van der Waals surface area contributed by atoms with Crippen LogP contribution in [0.3, 0.4) is 0 Å². The van der Waals surface area contributed by atoms with Crippen molar-refractivity contribution in [1.29, 1.82) is 0 Å². The Hall–Kier alpha value is -1.36. The Morgan fingerprint density at radius 3 is 2.61 bits per heavy atom. The largest absolute Gasteiger partial charge is 0.481 e. The minimum Gasteiger partial charge on any atom is -0.481 e. The predicted molar refractivity (Wildman–Crippen MR) is 71.5 cm³/mol. The van der Waals surface area contributed by atoms with E-state index >= 15 is 0 Å². The van der Waals surface area contributed by atoms with E-state index in [4.69, 9.17) is 5.11 Å². The Labute approximate surface area is 111 Å². The molecule has 1 aromatic rings. The zero-order valence-electron chi connectivity index (χ0n) is 10.7. The van der Waals surface area contributed by atoms with E-state index in [0.717, 1.165) is 4.88 Å². The first-order valence-corrected chi connectivity index (χ1v) is 6.93. The lowest BCUT2D eigenvalue weighted by atomic mass is 10.0. The highest BCUT2D eigenvalue weighted by Gasteiger charge is 2.18. The molecule has 0 radical (unpaired) electrons. The summed E-state index contributed by atoms with van der Waals surface area (Å²) in [6.45, 7) is 4.11. The third-order valence-electron chi connectivity index (χ3n) is 2.63. The van der Waals surface area contributed by atoms with E-state index in [1.165, 1.54) is 0 Å². The van der Waals surface area contributed by atoms with E-state index in [-0.39, 0.29) is 24.8 Å². The fraction of sp³-hybridized carbons (Fsp3) is 0.538. The van der Waals surface area contributed by atoms with Gasteiger partial charge in [-0.3, -0.25) is 9.59 Å². The number of carbonyl (C=O) groups is 2. The summed E-state index contributed by atoms with van der Waals surface area (Å²) in [6, 6.07) is 3.99. The Kier molecular flexibility index (Phi) is 5.85. The number of nitrogens with one attached hydrogen (secondary N) is 1. The third-order valence-corrected chi connectivity index (χ3v) is 3.58. The van der Waals surface area contributed by atoms with Gasteiger partial charge in [-0.15, -0.1) is 11.3 Å². The quantitative estimate of drug-likeness (QED) is 0.800. The molecule has 0 fully saturated rings. The van der Waals surface area contributed by atoms with Gasteiger partial charge in [0, 0.05) is 17.7 Å². The molecule has 1 amide bonds. The van der Waals surface area contributed by atoms with E-state index in [0.29, 0.717) is 12.3 Å². The molecule has 100 valence electrons. The molecule has 0 spiro atoms. The Morgan fingerprint density at radius 2 is 2.11 bits per heavy atom. The van der Waals surface area contributed by atoms with Crippen LogP contribution >= 0.6 is 11.3 Å². The highest BCUT2D eigenvalue weighted by molar-refractivity contribution is 7.10. The minimum atomic E-state index is -0.860. The first-order chi connectivity index (χ1) is 8.50. The second-order valence-corrected chi connectivity index (χ2v) is 5.53. The number of aliphatic carboxylic acids is 1. The van der Waals surface area contributed by atoms with Gasteiger partial charge in [0.2, 0.25) is 5.91 Å². The van der Waals surface area contributed by atoms with Gasteiger partial charge in [-0.05, 0) is 23.8 Å². The fourth-order valence-electron chi connectivity index (χ4n) is 1.68. The third kappa shape index (κ3) is 4.87. The van der Waals surface area contributed by atoms with Gasteiger partial charge < -0.3 is 10.4 Å². The lowest BCUT2D eigenvalue weighted by Gasteiger charge is -2.21. The van der Waals surface area contributed by atoms with Crippen molar-refractivity contribution in [3.8, 4) is 0 Å². The SMILES string of the molecule is CC(C)C(NC(=O)CCCC(=O)O)c1cccs1. The minimum absolute atomic E-state index is 0.0160. The average molecular weight is 269 g/mol. The number of hydrogen-bond donors (Lipinski definition) is 2. The number of rotatable bonds is 7. The highest BCUT2D eigenvalue weighted by atomic mass is 32.1. The Balaban J connectivity index is 2.47. The van der Waals surface area contributed by atoms with Gasteiger partial charge in [-0.1, -0.05) is 19.9 Å². The molecule has 0 bridgehead atoms. The first kappa shape index (κ1) is 14.7. The maximum absolute atomic E-state index is 11.7. The van der Waals surface area contributed by atoms with Crippen molar-refractivity contribution in [2.24, 2.45) is 5.92 Å². The summed E-state index contributed by atoms with van der Waals surface area (Å²) in [4.78, 5) is 23.2. The molecular weight excluding hydrogens is 250 g/mol. The zero-order valence-corrected chi connectivity index (χ0v) is 11.5. The molecule has 4 nitrogen and oxygen atoms in total. The van der Waals surface area contributed by atoms with Gasteiger partial charge in [0.15, 0.2) is 0 Å². The first-order valence-electron chi connectivity index (χ1n) is 6.05. The molecule has 1 atom stereocenters. The molecule has 18 heavy (non-hydrogen) atoms. The van der Waals surface area contributed by atoms with Gasteiger partial charge in [-0.2, -0.15) is 0 Å². The molecule has 1 heterocycles. The molecule has 5 heteroatoms. The molecule has 1 aromatic heterocycles. The number of hydrogen-bond acceptors (Lipinski definition) is 3. The summed E-state index contributed by atoms with van der Waals surface area (Å²) in [5, 5.41) is 13.5. The summed E-state index contributed by atoms with van der Waals surface area (Å²) < 4.78 is 0. The van der Waals surface area contributed by atoms with Crippen molar-refractivity contribution in [2.45, 2.75) is 39.2 Å². The predicted octanol–water partition coefficient (Wildman–Crippen LogP) is 2.82. The maximum Gasteiger partial charge on any atom is 0.303 e. The number of carboxylic acids is 1. The van der Waals surface area contributed by atoms with E-state index in [9.17, 15) is 9.59 Å². The smallest absolute Gasteiger partial charge is 0.303 e. The van der Waals surface area contributed by atoms with Crippen LogP contribution in [-0.2, 0) is 9.59 Å². The van der Waals surface area contributed by atoms with E-state index < -0.39 is 5.97 Å². The molecule has 0 saturated carbocycles. The van der Waals surface area contributed by atoms with Crippen molar-refractivity contribution in [1.82, 2.24) is 5.32 Å². The zero-order chi connectivity index (χ0) is 13.5.